The Morgan fingerprint density at radius 1 is 0.356 bits per heavy atom. The molecule has 0 aromatic rings. The van der Waals surface area contributed by atoms with E-state index in [4.69, 9.17) is 14.2 Å². The van der Waals surface area contributed by atoms with Crippen LogP contribution >= 0.6 is 0 Å². The van der Waals surface area contributed by atoms with Crippen molar-refractivity contribution in [3.63, 3.8) is 0 Å². The summed E-state index contributed by atoms with van der Waals surface area (Å²) < 4.78 is 16.7. The molecule has 0 heterocycles. The topological polar surface area (TPSA) is 78.9 Å². The highest BCUT2D eigenvalue weighted by atomic mass is 16.6. The second kappa shape index (κ2) is 47.3. The van der Waals surface area contributed by atoms with Gasteiger partial charge in [0.2, 0.25) is 0 Å². The van der Waals surface area contributed by atoms with Gasteiger partial charge in [0, 0.05) is 19.3 Å². The van der Waals surface area contributed by atoms with Crippen molar-refractivity contribution in [2.45, 2.75) is 219 Å². The highest BCUT2D eigenvalue weighted by Crippen LogP contribution is 2.14. The lowest BCUT2D eigenvalue weighted by Crippen LogP contribution is -2.30. The number of hydrogen-bond donors (Lipinski definition) is 0. The Hall–Kier alpha value is -3.41. The minimum absolute atomic E-state index is 0.108. The van der Waals surface area contributed by atoms with Gasteiger partial charge in [0.1, 0.15) is 13.2 Å². The summed E-state index contributed by atoms with van der Waals surface area (Å²) in [5.74, 6) is -1.00. The van der Waals surface area contributed by atoms with Crippen LogP contribution in [-0.2, 0) is 28.6 Å². The van der Waals surface area contributed by atoms with Gasteiger partial charge in [-0.2, -0.15) is 0 Å². The van der Waals surface area contributed by atoms with E-state index in [1.54, 1.807) is 0 Å². The minimum Gasteiger partial charge on any atom is -0.462 e. The molecular weight excluding hydrogens is 733 g/mol. The largest absolute Gasteiger partial charge is 0.462 e. The Morgan fingerprint density at radius 2 is 0.695 bits per heavy atom. The van der Waals surface area contributed by atoms with E-state index in [9.17, 15) is 14.4 Å². The van der Waals surface area contributed by atoms with Crippen molar-refractivity contribution in [2.24, 2.45) is 0 Å². The fourth-order valence-corrected chi connectivity index (χ4v) is 6.35. The third-order valence-electron chi connectivity index (χ3n) is 9.91. The SMILES string of the molecule is CC/C=C\C/C=C\C/C=C\C/C=C\CCC(=O)OC(COC(=O)CCCCCCCCC/C=C\C/C=C\C/C=C\CC)COC(=O)CCCCCCCCCCCCC. The maximum atomic E-state index is 12.7. The molecule has 6 heteroatoms. The van der Waals surface area contributed by atoms with Gasteiger partial charge in [-0.25, -0.2) is 0 Å². The predicted octanol–water partition coefficient (Wildman–Crippen LogP) is 15.6. The molecule has 0 rings (SSSR count). The van der Waals surface area contributed by atoms with Gasteiger partial charge >= 0.3 is 17.9 Å². The summed E-state index contributed by atoms with van der Waals surface area (Å²) in [5, 5.41) is 0. The van der Waals surface area contributed by atoms with Crippen molar-refractivity contribution < 1.29 is 28.6 Å². The van der Waals surface area contributed by atoms with E-state index in [1.165, 1.54) is 77.0 Å². The standard InChI is InChI=1S/C53H88O6/c1-4-7-10-13-16-19-22-24-25-26-27-29-31-34-37-40-43-46-52(55)58-49-50(48-57-51(54)45-42-39-36-33-30-21-18-15-12-9-6-3)59-53(56)47-44-41-38-35-32-28-23-20-17-14-11-8-5-2/h7-8,10-11,16-17,19-20,24-25,28,32,38,41,50H,4-6,9,12-15,18,21-23,26-27,29-31,33-37,39-40,42-49H2,1-3H3/b10-7-,11-8-,19-16-,20-17-,25-24-,32-28-,41-38-. The third kappa shape index (κ3) is 45.5. The molecule has 6 nitrogen and oxygen atoms in total. The van der Waals surface area contributed by atoms with E-state index in [0.29, 0.717) is 19.3 Å². The molecule has 0 aliphatic carbocycles. The molecule has 0 amide bonds. The number of esters is 3. The molecule has 1 atom stereocenters. The van der Waals surface area contributed by atoms with E-state index in [1.807, 2.05) is 12.2 Å². The van der Waals surface area contributed by atoms with E-state index in [-0.39, 0.29) is 31.6 Å². The zero-order chi connectivity index (χ0) is 43.0. The van der Waals surface area contributed by atoms with Crippen LogP contribution in [0.15, 0.2) is 85.1 Å². The quantitative estimate of drug-likeness (QED) is 0.0264. The van der Waals surface area contributed by atoms with Crippen molar-refractivity contribution in [1.82, 2.24) is 0 Å². The summed E-state index contributed by atoms with van der Waals surface area (Å²) in [6.07, 6.45) is 60.1. The monoisotopic (exact) mass is 821 g/mol. The summed E-state index contributed by atoms with van der Waals surface area (Å²) >= 11 is 0. The molecule has 336 valence electrons. The Kier molecular flexibility index (Phi) is 44.5. The number of unbranched alkanes of at least 4 members (excludes halogenated alkanes) is 17. The van der Waals surface area contributed by atoms with Gasteiger partial charge in [-0.05, 0) is 77.0 Å². The van der Waals surface area contributed by atoms with Crippen molar-refractivity contribution in [3.8, 4) is 0 Å². The Bertz CT molecular complexity index is 1170. The first-order valence-electron chi connectivity index (χ1n) is 24.1. The summed E-state index contributed by atoms with van der Waals surface area (Å²) in [5.41, 5.74) is 0. The second-order valence-electron chi connectivity index (χ2n) is 15.6. The summed E-state index contributed by atoms with van der Waals surface area (Å²) in [6, 6.07) is 0. The number of ether oxygens (including phenoxy) is 3. The first-order chi connectivity index (χ1) is 29.0. The summed E-state index contributed by atoms with van der Waals surface area (Å²) in [7, 11) is 0. The van der Waals surface area contributed by atoms with Gasteiger partial charge in [0.15, 0.2) is 6.10 Å². The number of carbonyl (C=O) groups is 3. The lowest BCUT2D eigenvalue weighted by molar-refractivity contribution is -0.166. The normalized spacial score (nSPS) is 12.8. The smallest absolute Gasteiger partial charge is 0.306 e. The number of hydrogen-bond acceptors (Lipinski definition) is 6. The predicted molar refractivity (Wildman–Crippen MR) is 251 cm³/mol. The highest BCUT2D eigenvalue weighted by Gasteiger charge is 2.19. The summed E-state index contributed by atoms with van der Waals surface area (Å²) in [6.45, 7) is 6.32. The molecule has 0 radical (unpaired) electrons. The van der Waals surface area contributed by atoms with Crippen LogP contribution in [0.4, 0.5) is 0 Å². The molecule has 0 spiro atoms. The summed E-state index contributed by atoms with van der Waals surface area (Å²) in [4.78, 5) is 37.8. The molecule has 0 aliphatic rings. The van der Waals surface area contributed by atoms with Crippen LogP contribution < -0.4 is 0 Å². The zero-order valence-electron chi connectivity index (χ0n) is 38.2. The van der Waals surface area contributed by atoms with Crippen molar-refractivity contribution >= 4 is 17.9 Å². The average Bonchev–Trinajstić information content (AvgIpc) is 3.23. The average molecular weight is 821 g/mol. The third-order valence-corrected chi connectivity index (χ3v) is 9.91. The fourth-order valence-electron chi connectivity index (χ4n) is 6.35. The lowest BCUT2D eigenvalue weighted by Gasteiger charge is -2.18. The Labute approximate surface area is 363 Å². The van der Waals surface area contributed by atoms with Gasteiger partial charge < -0.3 is 14.2 Å². The molecule has 0 aromatic heterocycles. The molecule has 0 N–H and O–H groups in total. The van der Waals surface area contributed by atoms with Gasteiger partial charge in [-0.1, -0.05) is 202 Å². The zero-order valence-corrected chi connectivity index (χ0v) is 38.2. The second-order valence-corrected chi connectivity index (χ2v) is 15.6. The lowest BCUT2D eigenvalue weighted by atomic mass is 10.1. The highest BCUT2D eigenvalue weighted by molar-refractivity contribution is 5.71. The number of carbonyl (C=O) groups excluding carboxylic acids is 3. The van der Waals surface area contributed by atoms with E-state index >= 15 is 0 Å². The minimum atomic E-state index is -0.815. The van der Waals surface area contributed by atoms with Gasteiger partial charge in [-0.3, -0.25) is 14.4 Å². The van der Waals surface area contributed by atoms with Crippen molar-refractivity contribution in [2.75, 3.05) is 13.2 Å². The first kappa shape index (κ1) is 55.6. The van der Waals surface area contributed by atoms with Gasteiger partial charge in [0.05, 0.1) is 0 Å². The van der Waals surface area contributed by atoms with Crippen LogP contribution in [0.25, 0.3) is 0 Å². The van der Waals surface area contributed by atoms with Crippen LogP contribution in [0.5, 0.6) is 0 Å². The van der Waals surface area contributed by atoms with Gasteiger partial charge in [-0.15, -0.1) is 0 Å². The molecule has 59 heavy (non-hydrogen) atoms. The number of rotatable bonds is 42. The van der Waals surface area contributed by atoms with Crippen LogP contribution in [0.1, 0.15) is 213 Å². The van der Waals surface area contributed by atoms with E-state index in [2.05, 4.69) is 93.7 Å². The molecule has 0 saturated carbocycles. The van der Waals surface area contributed by atoms with Crippen LogP contribution in [0, 0.1) is 0 Å². The molecule has 0 aromatic carbocycles. The molecule has 0 saturated heterocycles. The van der Waals surface area contributed by atoms with Crippen LogP contribution in [-0.4, -0.2) is 37.2 Å². The molecular formula is C53H88O6. The first-order valence-corrected chi connectivity index (χ1v) is 24.1. The van der Waals surface area contributed by atoms with Gasteiger partial charge in [0.25, 0.3) is 0 Å². The molecule has 0 bridgehead atoms. The fraction of sp³-hybridized carbons (Fsp3) is 0.679. The van der Waals surface area contributed by atoms with Crippen LogP contribution in [0.2, 0.25) is 0 Å². The molecule has 1 unspecified atom stereocenters. The van der Waals surface area contributed by atoms with Crippen molar-refractivity contribution in [1.29, 1.82) is 0 Å². The van der Waals surface area contributed by atoms with E-state index in [0.717, 1.165) is 89.9 Å². The maximum Gasteiger partial charge on any atom is 0.306 e. The van der Waals surface area contributed by atoms with Crippen LogP contribution in [0.3, 0.4) is 0 Å². The molecule has 0 fully saturated rings. The van der Waals surface area contributed by atoms with Crippen molar-refractivity contribution in [3.05, 3.63) is 85.1 Å². The van der Waals surface area contributed by atoms with E-state index < -0.39 is 12.1 Å². The maximum absolute atomic E-state index is 12.7. The molecule has 0 aliphatic heterocycles. The number of allylic oxidation sites excluding steroid dienone is 14. The Morgan fingerprint density at radius 3 is 1.10 bits per heavy atom. The Balaban J connectivity index is 4.46.